The van der Waals surface area contributed by atoms with Crippen LogP contribution >= 0.6 is 22.6 Å². The Balaban J connectivity index is 2.26. The molecule has 1 aliphatic rings. The van der Waals surface area contributed by atoms with Crippen molar-refractivity contribution in [3.05, 3.63) is 27.8 Å². The maximum Gasteiger partial charge on any atom is 0.415 e. The van der Waals surface area contributed by atoms with Crippen LogP contribution in [0.5, 0.6) is 0 Å². The summed E-state index contributed by atoms with van der Waals surface area (Å²) in [4.78, 5) is 14.3. The first-order valence-corrected chi connectivity index (χ1v) is 7.73. The Labute approximate surface area is 128 Å². The van der Waals surface area contributed by atoms with Crippen LogP contribution in [0.15, 0.2) is 24.3 Å². The molecule has 4 heteroatoms. The molecule has 1 saturated carbocycles. The van der Waals surface area contributed by atoms with Gasteiger partial charge >= 0.3 is 6.09 Å². The van der Waals surface area contributed by atoms with Crippen molar-refractivity contribution in [1.29, 1.82) is 0 Å². The predicted octanol–water partition coefficient (Wildman–Crippen LogP) is 4.59. The highest BCUT2D eigenvalue weighted by Crippen LogP contribution is 2.33. The number of nitrogens with zero attached hydrogens (tertiary/aromatic N) is 1. The summed E-state index contributed by atoms with van der Waals surface area (Å²) in [5.41, 5.74) is 0.501. The average Bonchev–Trinajstić information content (AvgIpc) is 2.21. The quantitative estimate of drug-likeness (QED) is 0.710. The number of para-hydroxylation sites is 1. The molecule has 0 bridgehead atoms. The number of anilines is 1. The van der Waals surface area contributed by atoms with E-state index in [0.29, 0.717) is 0 Å². The lowest BCUT2D eigenvalue weighted by molar-refractivity contribution is 0.0549. The Kier molecular flexibility index (Phi) is 4.38. The van der Waals surface area contributed by atoms with Gasteiger partial charge in [0.1, 0.15) is 5.60 Å². The monoisotopic (exact) mass is 373 g/mol. The number of hydrogen-bond acceptors (Lipinski definition) is 2. The van der Waals surface area contributed by atoms with Crippen LogP contribution in [0.1, 0.15) is 40.0 Å². The van der Waals surface area contributed by atoms with Gasteiger partial charge in [-0.15, -0.1) is 0 Å². The fourth-order valence-corrected chi connectivity index (χ4v) is 2.69. The first kappa shape index (κ1) is 14.6. The molecule has 1 amide bonds. The minimum absolute atomic E-state index is 0.235. The summed E-state index contributed by atoms with van der Waals surface area (Å²) in [5.74, 6) is 0. The number of carbonyl (C=O) groups excluding carboxylic acids is 1. The van der Waals surface area contributed by atoms with Crippen molar-refractivity contribution in [2.45, 2.75) is 51.7 Å². The van der Waals surface area contributed by atoms with Gasteiger partial charge in [0.25, 0.3) is 0 Å². The number of rotatable bonds is 2. The van der Waals surface area contributed by atoms with Gasteiger partial charge in [0.2, 0.25) is 0 Å². The summed E-state index contributed by atoms with van der Waals surface area (Å²) >= 11 is 2.27. The first-order chi connectivity index (χ1) is 8.88. The Morgan fingerprint density at radius 2 is 1.95 bits per heavy atom. The van der Waals surface area contributed by atoms with Crippen molar-refractivity contribution in [1.82, 2.24) is 0 Å². The van der Waals surface area contributed by atoms with Gasteiger partial charge in [-0.3, -0.25) is 4.90 Å². The van der Waals surface area contributed by atoms with E-state index in [4.69, 9.17) is 4.74 Å². The van der Waals surface area contributed by atoms with Crippen LogP contribution in [0, 0.1) is 3.57 Å². The Morgan fingerprint density at radius 1 is 1.32 bits per heavy atom. The van der Waals surface area contributed by atoms with Crippen molar-refractivity contribution in [3.63, 3.8) is 0 Å². The second kappa shape index (κ2) is 5.69. The molecule has 0 unspecified atom stereocenters. The Bertz CT molecular complexity index is 463. The number of halogens is 1. The normalized spacial score (nSPS) is 15.8. The van der Waals surface area contributed by atoms with E-state index in [9.17, 15) is 4.79 Å². The number of amides is 1. The van der Waals surface area contributed by atoms with Crippen LogP contribution in [0.3, 0.4) is 0 Å². The molecule has 0 atom stereocenters. The van der Waals surface area contributed by atoms with Crippen molar-refractivity contribution in [3.8, 4) is 0 Å². The molecule has 0 saturated heterocycles. The Morgan fingerprint density at radius 3 is 2.42 bits per heavy atom. The van der Waals surface area contributed by atoms with Crippen molar-refractivity contribution < 1.29 is 9.53 Å². The third-order valence-electron chi connectivity index (χ3n) is 3.14. The summed E-state index contributed by atoms with van der Waals surface area (Å²) in [6.07, 6.45) is 3.07. The molecule has 0 spiro atoms. The van der Waals surface area contributed by atoms with E-state index < -0.39 is 5.60 Å². The summed E-state index contributed by atoms with van der Waals surface area (Å²) in [7, 11) is 0. The number of ether oxygens (including phenoxy) is 1. The average molecular weight is 373 g/mol. The zero-order valence-corrected chi connectivity index (χ0v) is 13.8. The molecule has 0 aliphatic heterocycles. The van der Waals surface area contributed by atoms with E-state index in [2.05, 4.69) is 22.6 Å². The lowest BCUT2D eigenvalue weighted by Gasteiger charge is -2.38. The molecule has 104 valence electrons. The molecule has 0 radical (unpaired) electrons. The summed E-state index contributed by atoms with van der Waals surface area (Å²) in [6, 6.07) is 8.24. The van der Waals surface area contributed by atoms with Crippen molar-refractivity contribution in [2.24, 2.45) is 0 Å². The molecule has 0 N–H and O–H groups in total. The van der Waals surface area contributed by atoms with Crippen LogP contribution in [0.25, 0.3) is 0 Å². The molecule has 19 heavy (non-hydrogen) atoms. The smallest absolute Gasteiger partial charge is 0.415 e. The topological polar surface area (TPSA) is 29.5 Å². The van der Waals surface area contributed by atoms with E-state index in [1.54, 1.807) is 0 Å². The van der Waals surface area contributed by atoms with Gasteiger partial charge < -0.3 is 4.74 Å². The molecule has 1 fully saturated rings. The van der Waals surface area contributed by atoms with Crippen LogP contribution < -0.4 is 4.90 Å². The largest absolute Gasteiger partial charge is 0.443 e. The third kappa shape index (κ3) is 3.61. The minimum Gasteiger partial charge on any atom is -0.443 e. The van der Waals surface area contributed by atoms with Crippen LogP contribution in [0.4, 0.5) is 10.5 Å². The van der Waals surface area contributed by atoms with Gasteiger partial charge in [-0.1, -0.05) is 12.1 Å². The highest BCUT2D eigenvalue weighted by molar-refractivity contribution is 14.1. The van der Waals surface area contributed by atoms with E-state index >= 15 is 0 Å². The van der Waals surface area contributed by atoms with Gasteiger partial charge in [0.15, 0.2) is 0 Å². The fraction of sp³-hybridized carbons (Fsp3) is 0.533. The maximum atomic E-state index is 12.4. The second-order valence-electron chi connectivity index (χ2n) is 5.89. The molecule has 0 heterocycles. The van der Waals surface area contributed by atoms with Crippen LogP contribution in [-0.4, -0.2) is 17.7 Å². The molecule has 1 aromatic rings. The zero-order valence-electron chi connectivity index (χ0n) is 11.6. The first-order valence-electron chi connectivity index (χ1n) is 6.65. The fourth-order valence-electron chi connectivity index (χ4n) is 2.05. The molecule has 1 aromatic carbocycles. The minimum atomic E-state index is -0.459. The number of hydrogen-bond donors (Lipinski definition) is 0. The molecular weight excluding hydrogens is 353 g/mol. The summed E-state index contributed by atoms with van der Waals surface area (Å²) in [5, 5.41) is 0. The highest BCUT2D eigenvalue weighted by atomic mass is 127. The van der Waals surface area contributed by atoms with Gasteiger partial charge in [0, 0.05) is 9.61 Å². The lowest BCUT2D eigenvalue weighted by Crippen LogP contribution is -2.47. The van der Waals surface area contributed by atoms with Crippen LogP contribution in [-0.2, 0) is 4.74 Å². The van der Waals surface area contributed by atoms with E-state index in [0.717, 1.165) is 22.1 Å². The van der Waals surface area contributed by atoms with Crippen LogP contribution in [0.2, 0.25) is 0 Å². The standard InChI is InChI=1S/C15H20INO2/c1-15(2,3)19-14(18)17(11-7-6-8-11)13-10-5-4-9-12(13)16/h4-5,9-11H,6-8H2,1-3H3. The molecule has 1 aliphatic carbocycles. The highest BCUT2D eigenvalue weighted by Gasteiger charge is 2.33. The van der Waals surface area contributed by atoms with E-state index in [-0.39, 0.29) is 12.1 Å². The number of carbonyl (C=O) groups is 1. The molecule has 0 aromatic heterocycles. The van der Waals surface area contributed by atoms with Gasteiger partial charge in [0.05, 0.1) is 5.69 Å². The van der Waals surface area contributed by atoms with E-state index in [1.165, 1.54) is 6.42 Å². The predicted molar refractivity (Wildman–Crippen MR) is 85.5 cm³/mol. The molecule has 3 nitrogen and oxygen atoms in total. The third-order valence-corrected chi connectivity index (χ3v) is 4.05. The van der Waals surface area contributed by atoms with Crippen molar-refractivity contribution in [2.75, 3.05) is 4.90 Å². The summed E-state index contributed by atoms with van der Waals surface area (Å²) < 4.78 is 6.63. The van der Waals surface area contributed by atoms with Gasteiger partial charge in [-0.2, -0.15) is 0 Å². The summed E-state index contributed by atoms with van der Waals surface area (Å²) in [6.45, 7) is 5.71. The van der Waals surface area contributed by atoms with Gasteiger partial charge in [-0.25, -0.2) is 4.79 Å². The number of benzene rings is 1. The Hall–Kier alpha value is -0.780. The molecular formula is C15H20INO2. The SMILES string of the molecule is CC(C)(C)OC(=O)N(c1ccccc1I)C1CCC1. The second-order valence-corrected chi connectivity index (χ2v) is 7.05. The van der Waals surface area contributed by atoms with E-state index in [1.807, 2.05) is 49.9 Å². The zero-order chi connectivity index (χ0) is 14.0. The molecule has 2 rings (SSSR count). The maximum absolute atomic E-state index is 12.4. The lowest BCUT2D eigenvalue weighted by atomic mass is 9.91. The van der Waals surface area contributed by atoms with Crippen molar-refractivity contribution >= 4 is 34.4 Å². The van der Waals surface area contributed by atoms with Gasteiger partial charge in [-0.05, 0) is 74.8 Å².